The Morgan fingerprint density at radius 3 is 2.82 bits per heavy atom. The second-order valence-corrected chi connectivity index (χ2v) is 5.63. The van der Waals surface area contributed by atoms with Crippen LogP contribution in [0.1, 0.15) is 50.0 Å². The number of ether oxygens (including phenoxy) is 2. The number of hydrogen-bond acceptors (Lipinski definition) is 4. The van der Waals surface area contributed by atoms with E-state index in [9.17, 15) is 4.79 Å². The van der Waals surface area contributed by atoms with Crippen LogP contribution in [0.25, 0.3) is 0 Å². The molecule has 3 N–H and O–H groups in total. The van der Waals surface area contributed by atoms with E-state index >= 15 is 0 Å². The van der Waals surface area contributed by atoms with Crippen molar-refractivity contribution in [2.24, 2.45) is 5.84 Å². The van der Waals surface area contributed by atoms with Crippen LogP contribution in [0.2, 0.25) is 0 Å². The summed E-state index contributed by atoms with van der Waals surface area (Å²) >= 11 is 0. The van der Waals surface area contributed by atoms with Crippen molar-refractivity contribution in [2.45, 2.75) is 50.7 Å². The van der Waals surface area contributed by atoms with Crippen LogP contribution in [0.4, 0.5) is 0 Å². The average Bonchev–Trinajstić information content (AvgIpc) is 2.59. The van der Waals surface area contributed by atoms with Crippen molar-refractivity contribution < 1.29 is 14.3 Å². The quantitative estimate of drug-likeness (QED) is 0.335. The first kappa shape index (κ1) is 16.9. The van der Waals surface area contributed by atoms with Crippen molar-refractivity contribution in [3.8, 4) is 0 Å². The molecule has 122 valence electrons. The Balaban J connectivity index is 1.71. The van der Waals surface area contributed by atoms with Gasteiger partial charge in [0, 0.05) is 13.2 Å². The summed E-state index contributed by atoms with van der Waals surface area (Å²) in [6.45, 7) is 1.48. The van der Waals surface area contributed by atoms with Gasteiger partial charge in [-0.15, -0.1) is 0 Å². The van der Waals surface area contributed by atoms with Gasteiger partial charge in [0.15, 0.2) is 6.29 Å². The lowest BCUT2D eigenvalue weighted by Gasteiger charge is -2.22. The molecule has 0 bridgehead atoms. The first-order valence-electron chi connectivity index (χ1n) is 8.10. The summed E-state index contributed by atoms with van der Waals surface area (Å²) in [6.07, 6.45) is 5.86. The first-order valence-corrected chi connectivity index (χ1v) is 8.10. The molecule has 1 heterocycles. The average molecular weight is 306 g/mol. The molecule has 2 atom stereocenters. The Bertz CT molecular complexity index is 433. The van der Waals surface area contributed by atoms with E-state index in [0.717, 1.165) is 44.3 Å². The van der Waals surface area contributed by atoms with E-state index in [1.165, 1.54) is 6.42 Å². The number of amides is 1. The zero-order valence-electron chi connectivity index (χ0n) is 13.0. The molecule has 1 saturated heterocycles. The summed E-state index contributed by atoms with van der Waals surface area (Å²) in [6, 6.07) is 9.75. The molecule has 2 unspecified atom stereocenters. The molecule has 1 aromatic carbocycles. The lowest BCUT2D eigenvalue weighted by molar-refractivity contribution is -0.162. The molecule has 1 aliphatic rings. The molecule has 0 radical (unpaired) electrons. The van der Waals surface area contributed by atoms with Crippen LogP contribution < -0.4 is 11.3 Å². The smallest absolute Gasteiger partial charge is 0.241 e. The van der Waals surface area contributed by atoms with Crippen LogP contribution in [-0.2, 0) is 14.3 Å². The van der Waals surface area contributed by atoms with Crippen LogP contribution >= 0.6 is 0 Å². The van der Waals surface area contributed by atoms with E-state index < -0.39 is 0 Å². The number of benzene rings is 1. The fourth-order valence-electron chi connectivity index (χ4n) is 2.74. The second-order valence-electron chi connectivity index (χ2n) is 5.63. The molecule has 0 saturated carbocycles. The fourth-order valence-corrected chi connectivity index (χ4v) is 2.74. The maximum absolute atomic E-state index is 11.9. The van der Waals surface area contributed by atoms with Gasteiger partial charge in [0.1, 0.15) is 0 Å². The zero-order chi connectivity index (χ0) is 15.6. The number of hydrogen-bond donors (Lipinski definition) is 2. The van der Waals surface area contributed by atoms with Crippen LogP contribution in [0, 0.1) is 0 Å². The van der Waals surface area contributed by atoms with E-state index in [1.54, 1.807) is 0 Å². The van der Waals surface area contributed by atoms with Gasteiger partial charge in [-0.3, -0.25) is 10.2 Å². The lowest BCUT2D eigenvalue weighted by atomic mass is 9.93. The Morgan fingerprint density at radius 2 is 2.14 bits per heavy atom. The number of hydrazine groups is 1. The van der Waals surface area contributed by atoms with E-state index in [4.69, 9.17) is 15.3 Å². The molecule has 1 aliphatic heterocycles. The maximum atomic E-state index is 11.9. The molecule has 1 aromatic rings. The topological polar surface area (TPSA) is 73.6 Å². The van der Waals surface area contributed by atoms with Crippen LogP contribution in [0.3, 0.4) is 0 Å². The Labute approximate surface area is 132 Å². The summed E-state index contributed by atoms with van der Waals surface area (Å²) < 4.78 is 11.2. The van der Waals surface area contributed by atoms with Crippen LogP contribution in [-0.4, -0.2) is 25.4 Å². The Kier molecular flexibility index (Phi) is 7.36. The van der Waals surface area contributed by atoms with Crippen molar-refractivity contribution in [1.29, 1.82) is 0 Å². The molecular weight excluding hydrogens is 280 g/mol. The number of unbranched alkanes of at least 4 members (excludes halogenated alkanes) is 1. The minimum Gasteiger partial charge on any atom is -0.353 e. The van der Waals surface area contributed by atoms with Crippen molar-refractivity contribution in [3.05, 3.63) is 35.9 Å². The van der Waals surface area contributed by atoms with Gasteiger partial charge in [-0.2, -0.15) is 0 Å². The van der Waals surface area contributed by atoms with Crippen molar-refractivity contribution in [3.63, 3.8) is 0 Å². The molecule has 22 heavy (non-hydrogen) atoms. The van der Waals surface area contributed by atoms with Gasteiger partial charge in [0.25, 0.3) is 0 Å². The van der Waals surface area contributed by atoms with Gasteiger partial charge in [0.2, 0.25) is 5.91 Å². The highest BCUT2D eigenvalue weighted by Gasteiger charge is 2.19. The third-order valence-corrected chi connectivity index (χ3v) is 3.99. The molecule has 0 spiro atoms. The van der Waals surface area contributed by atoms with E-state index in [0.29, 0.717) is 6.61 Å². The lowest BCUT2D eigenvalue weighted by Crippen LogP contribution is -2.34. The molecule has 1 fully saturated rings. The number of nitrogens with two attached hydrogens (primary N) is 1. The predicted octanol–water partition coefficient (Wildman–Crippen LogP) is 2.47. The summed E-state index contributed by atoms with van der Waals surface area (Å²) in [4.78, 5) is 11.9. The minimum atomic E-state index is -0.197. The third kappa shape index (κ3) is 5.40. The summed E-state index contributed by atoms with van der Waals surface area (Å²) in [5.41, 5.74) is 3.27. The largest absolute Gasteiger partial charge is 0.353 e. The van der Waals surface area contributed by atoms with Gasteiger partial charge >= 0.3 is 0 Å². The maximum Gasteiger partial charge on any atom is 0.241 e. The van der Waals surface area contributed by atoms with E-state index in [2.05, 4.69) is 5.43 Å². The van der Waals surface area contributed by atoms with Gasteiger partial charge in [0.05, 0.1) is 5.92 Å². The van der Waals surface area contributed by atoms with E-state index in [-0.39, 0.29) is 18.1 Å². The monoisotopic (exact) mass is 306 g/mol. The van der Waals surface area contributed by atoms with Crippen molar-refractivity contribution in [2.75, 3.05) is 13.2 Å². The van der Waals surface area contributed by atoms with Gasteiger partial charge < -0.3 is 9.47 Å². The first-order chi connectivity index (χ1) is 10.8. The van der Waals surface area contributed by atoms with Gasteiger partial charge in [-0.25, -0.2) is 5.84 Å². The van der Waals surface area contributed by atoms with Crippen molar-refractivity contribution >= 4 is 5.91 Å². The number of carbonyl (C=O) groups is 1. The molecule has 5 heteroatoms. The molecular formula is C17H26N2O3. The van der Waals surface area contributed by atoms with Gasteiger partial charge in [-0.05, 0) is 37.7 Å². The summed E-state index contributed by atoms with van der Waals surface area (Å²) in [5.74, 6) is 4.96. The normalized spacial score (nSPS) is 19.6. The highest BCUT2D eigenvalue weighted by atomic mass is 16.7. The predicted molar refractivity (Wildman–Crippen MR) is 84.9 cm³/mol. The Morgan fingerprint density at radius 1 is 1.32 bits per heavy atom. The van der Waals surface area contributed by atoms with E-state index in [1.807, 2.05) is 30.3 Å². The molecule has 1 amide bonds. The van der Waals surface area contributed by atoms with Crippen LogP contribution in [0.5, 0.6) is 0 Å². The number of rotatable bonds is 8. The SMILES string of the molecule is NNC(=O)C(CCCCOC1CCCCO1)c1ccccc1. The minimum absolute atomic E-state index is 0.0361. The highest BCUT2D eigenvalue weighted by Crippen LogP contribution is 2.22. The molecule has 2 rings (SSSR count). The zero-order valence-corrected chi connectivity index (χ0v) is 13.0. The molecule has 5 nitrogen and oxygen atoms in total. The summed E-state index contributed by atoms with van der Waals surface area (Å²) in [7, 11) is 0. The van der Waals surface area contributed by atoms with Crippen LogP contribution in [0.15, 0.2) is 30.3 Å². The Hall–Kier alpha value is -1.43. The molecule has 0 aliphatic carbocycles. The fraction of sp³-hybridized carbons (Fsp3) is 0.588. The molecule has 0 aromatic heterocycles. The third-order valence-electron chi connectivity index (χ3n) is 3.99. The second kappa shape index (κ2) is 9.56. The highest BCUT2D eigenvalue weighted by molar-refractivity contribution is 5.82. The standard InChI is InChI=1S/C17H26N2O3/c18-19-17(20)15(14-8-2-1-3-9-14)10-4-6-12-21-16-11-5-7-13-22-16/h1-3,8-9,15-16H,4-7,10-13,18H2,(H,19,20). The summed E-state index contributed by atoms with van der Waals surface area (Å²) in [5, 5.41) is 0. The van der Waals surface area contributed by atoms with Gasteiger partial charge in [-0.1, -0.05) is 36.8 Å². The number of nitrogens with one attached hydrogen (secondary N) is 1. The van der Waals surface area contributed by atoms with Crippen molar-refractivity contribution in [1.82, 2.24) is 5.43 Å². The number of carbonyl (C=O) groups excluding carboxylic acids is 1.